The van der Waals surface area contributed by atoms with Crippen LogP contribution in [0.5, 0.6) is 0 Å². The summed E-state index contributed by atoms with van der Waals surface area (Å²) in [6.07, 6.45) is 1.38. The maximum atomic E-state index is 11.0. The molecule has 0 unspecified atom stereocenters. The molecule has 1 amide bonds. The quantitative estimate of drug-likeness (QED) is 0.497. The predicted molar refractivity (Wildman–Crippen MR) is 56.4 cm³/mol. The predicted octanol–water partition coefficient (Wildman–Crippen LogP) is 1.74. The molecule has 1 N–H and O–H groups in total. The van der Waals surface area contributed by atoms with Crippen molar-refractivity contribution < 1.29 is 27.2 Å². The number of carbonyl (C=O) groups excluding carboxylic acids is 1. The molecule has 79 valence electrons. The largest absolute Gasteiger partial charge is 0.348 e. The smallest absolute Gasteiger partial charge is 0.244 e. The van der Waals surface area contributed by atoms with Gasteiger partial charge in [0.05, 0.1) is 0 Å². The van der Waals surface area contributed by atoms with E-state index >= 15 is 0 Å². The van der Waals surface area contributed by atoms with Crippen LogP contribution in [-0.2, 0) is 33.7 Å². The molecule has 0 spiro atoms. The van der Waals surface area contributed by atoms with Crippen molar-refractivity contribution in [2.75, 3.05) is 0 Å². The van der Waals surface area contributed by atoms with Crippen LogP contribution in [0, 0.1) is 0 Å². The molecule has 4 heteroatoms. The zero-order valence-corrected chi connectivity index (χ0v) is 9.78. The van der Waals surface area contributed by atoms with Crippen molar-refractivity contribution in [3.8, 4) is 0 Å². The van der Waals surface area contributed by atoms with Crippen LogP contribution >= 0.6 is 12.6 Å². The third-order valence-electron chi connectivity index (χ3n) is 1.54. The number of rotatable bonds is 3. The molecule has 0 aliphatic carbocycles. The third-order valence-corrected chi connectivity index (χ3v) is 1.68. The Hall–Kier alpha value is -0.480. The van der Waals surface area contributed by atoms with Crippen molar-refractivity contribution >= 4 is 18.5 Å². The topological polar surface area (TPSA) is 29.1 Å². The van der Waals surface area contributed by atoms with E-state index in [4.69, 9.17) is 0 Å². The zero-order chi connectivity index (χ0) is 9.52. The summed E-state index contributed by atoms with van der Waals surface area (Å²) in [5.74, 6) is -0.126. The first-order valence-electron chi connectivity index (χ1n) is 3.95. The first kappa shape index (κ1) is 13.5. The van der Waals surface area contributed by atoms with E-state index in [0.29, 0.717) is 6.54 Å². The molecule has 2 nitrogen and oxygen atoms in total. The number of hydrogen-bond donors (Lipinski definition) is 2. The van der Waals surface area contributed by atoms with Gasteiger partial charge in [0, 0.05) is 35.0 Å². The summed E-state index contributed by atoms with van der Waals surface area (Å²) in [7, 11) is 0. The number of carbonyl (C=O) groups is 1. The molecule has 0 aromatic heterocycles. The minimum atomic E-state index is -0.126. The molecule has 0 aliphatic heterocycles. The van der Waals surface area contributed by atoms with Gasteiger partial charge in [-0.15, -0.1) is 0 Å². The molecule has 1 rings (SSSR count). The van der Waals surface area contributed by atoms with Crippen molar-refractivity contribution in [2.45, 2.75) is 6.54 Å². The van der Waals surface area contributed by atoms with E-state index in [0.717, 1.165) is 5.56 Å². The van der Waals surface area contributed by atoms with Crippen LogP contribution in [0.1, 0.15) is 5.56 Å². The number of nitrogens with one attached hydrogen (secondary N) is 1. The summed E-state index contributed by atoms with van der Waals surface area (Å²) in [5, 5.41) is 4.14. The van der Waals surface area contributed by atoms with Crippen molar-refractivity contribution in [3.05, 3.63) is 47.4 Å². The molecule has 0 heterocycles. The molecule has 0 saturated carbocycles. The standard InChI is InChI=1S/C10H11NOS.Ag/c12-10(6-7-13)11-8-9-4-2-1-3-5-9;/h1-7,13H,8H2,(H,11,12);/b7-6-;. The molecule has 0 atom stereocenters. The Balaban J connectivity index is 0.00000169. The minimum Gasteiger partial charge on any atom is -0.348 e. The van der Waals surface area contributed by atoms with Crippen LogP contribution in [0.2, 0.25) is 0 Å². The van der Waals surface area contributed by atoms with Gasteiger partial charge in [0.15, 0.2) is 0 Å². The first-order valence-corrected chi connectivity index (χ1v) is 4.47. The second-order valence-electron chi connectivity index (χ2n) is 2.52. The van der Waals surface area contributed by atoms with Gasteiger partial charge in [-0.3, -0.25) is 4.79 Å². The average molecular weight is 301 g/mol. The average Bonchev–Trinajstić information content (AvgIpc) is 2.17. The Labute approximate surface area is 105 Å². The molecular weight excluding hydrogens is 290 g/mol. The van der Waals surface area contributed by atoms with Crippen LogP contribution in [-0.4, -0.2) is 5.91 Å². The molecule has 0 fully saturated rings. The van der Waals surface area contributed by atoms with Crippen LogP contribution in [0.25, 0.3) is 0 Å². The molecule has 0 bridgehead atoms. The van der Waals surface area contributed by atoms with E-state index in [2.05, 4.69) is 17.9 Å². The van der Waals surface area contributed by atoms with Crippen LogP contribution < -0.4 is 5.32 Å². The van der Waals surface area contributed by atoms with Gasteiger partial charge in [-0.2, -0.15) is 12.6 Å². The second-order valence-corrected chi connectivity index (χ2v) is 2.82. The number of thiol groups is 1. The number of benzene rings is 1. The van der Waals surface area contributed by atoms with E-state index in [9.17, 15) is 4.79 Å². The third kappa shape index (κ3) is 5.29. The van der Waals surface area contributed by atoms with E-state index in [1.807, 2.05) is 30.3 Å². The molecule has 1 radical (unpaired) electrons. The summed E-state index contributed by atoms with van der Waals surface area (Å²) >= 11 is 3.80. The zero-order valence-electron chi connectivity index (χ0n) is 7.41. The summed E-state index contributed by atoms with van der Waals surface area (Å²) < 4.78 is 0. The summed E-state index contributed by atoms with van der Waals surface area (Å²) in [5.41, 5.74) is 1.09. The maximum absolute atomic E-state index is 11.0. The van der Waals surface area contributed by atoms with Crippen molar-refractivity contribution in [1.82, 2.24) is 5.32 Å². The van der Waals surface area contributed by atoms with Gasteiger partial charge in [-0.1, -0.05) is 30.3 Å². The van der Waals surface area contributed by atoms with Crippen molar-refractivity contribution in [1.29, 1.82) is 0 Å². The molecule has 14 heavy (non-hydrogen) atoms. The summed E-state index contributed by atoms with van der Waals surface area (Å²) in [6.45, 7) is 0.553. The molecule has 1 aromatic carbocycles. The van der Waals surface area contributed by atoms with E-state index < -0.39 is 0 Å². The molecular formula is C10H11AgNOS. The SMILES string of the molecule is O=C(/C=C\S)NCc1ccccc1.[Ag]. The number of amides is 1. The van der Waals surface area contributed by atoms with Gasteiger partial charge in [0.1, 0.15) is 0 Å². The molecule has 1 aromatic rings. The monoisotopic (exact) mass is 300 g/mol. The van der Waals surface area contributed by atoms with E-state index in [-0.39, 0.29) is 28.3 Å². The van der Waals surface area contributed by atoms with Crippen LogP contribution in [0.15, 0.2) is 41.8 Å². The number of hydrogen-bond acceptors (Lipinski definition) is 2. The molecule has 0 saturated heterocycles. The van der Waals surface area contributed by atoms with Gasteiger partial charge < -0.3 is 5.32 Å². The Bertz CT molecular complexity index is 300. The van der Waals surface area contributed by atoms with E-state index in [1.54, 1.807) is 0 Å². The maximum Gasteiger partial charge on any atom is 0.244 e. The summed E-state index contributed by atoms with van der Waals surface area (Å²) in [6, 6.07) is 9.75. The summed E-state index contributed by atoms with van der Waals surface area (Å²) in [4.78, 5) is 11.0. The second kappa shape index (κ2) is 7.88. The minimum absolute atomic E-state index is 0. The van der Waals surface area contributed by atoms with Gasteiger partial charge in [0.25, 0.3) is 0 Å². The molecule has 0 aliphatic rings. The van der Waals surface area contributed by atoms with Crippen LogP contribution in [0.3, 0.4) is 0 Å². The fourth-order valence-electron chi connectivity index (χ4n) is 0.912. The first-order chi connectivity index (χ1) is 6.33. The Morgan fingerprint density at radius 1 is 1.36 bits per heavy atom. The van der Waals surface area contributed by atoms with Gasteiger partial charge in [-0.05, 0) is 11.0 Å². The fraction of sp³-hybridized carbons (Fsp3) is 0.100. The van der Waals surface area contributed by atoms with E-state index in [1.165, 1.54) is 11.5 Å². The normalized spacial score (nSPS) is 9.50. The van der Waals surface area contributed by atoms with Crippen molar-refractivity contribution in [3.63, 3.8) is 0 Å². The Kier molecular flexibility index (Phi) is 7.61. The van der Waals surface area contributed by atoms with Gasteiger partial charge in [-0.25, -0.2) is 0 Å². The Morgan fingerprint density at radius 2 is 2.00 bits per heavy atom. The van der Waals surface area contributed by atoms with Crippen LogP contribution in [0.4, 0.5) is 0 Å². The fourth-order valence-corrected chi connectivity index (χ4v) is 1.05. The van der Waals surface area contributed by atoms with Gasteiger partial charge in [0.2, 0.25) is 5.91 Å². The Morgan fingerprint density at radius 3 is 2.57 bits per heavy atom. The van der Waals surface area contributed by atoms with Gasteiger partial charge >= 0.3 is 0 Å². The van der Waals surface area contributed by atoms with Crippen molar-refractivity contribution in [2.24, 2.45) is 0 Å².